The number of ether oxygens (including phenoxy) is 2. The molecule has 0 aromatic heterocycles. The van der Waals surface area contributed by atoms with Crippen LogP contribution in [0.5, 0.6) is 0 Å². The van der Waals surface area contributed by atoms with Crippen LogP contribution in [-0.2, 0) is 23.6 Å². The quantitative estimate of drug-likeness (QED) is 0.288. The van der Waals surface area contributed by atoms with Crippen molar-refractivity contribution in [3.63, 3.8) is 0 Å². The zero-order valence-electron chi connectivity index (χ0n) is 9.52. The van der Waals surface area contributed by atoms with E-state index in [1.165, 1.54) is 0 Å². The maximum absolute atomic E-state index is 10.7. The third kappa shape index (κ3) is 11.0. The summed E-state index contributed by atoms with van der Waals surface area (Å²) in [5.74, 6) is -1.11. The van der Waals surface area contributed by atoms with Crippen LogP contribution in [0.1, 0.15) is 25.7 Å². The molecule has 0 atom stereocenters. The summed E-state index contributed by atoms with van der Waals surface area (Å²) in [4.78, 5) is 21.3. The fourth-order valence-corrected chi connectivity index (χ4v) is 1.16. The minimum atomic E-state index is -0.693. The number of rotatable bonds is 8. The molecule has 6 heteroatoms. The Balaban J connectivity index is 3.26. The molecule has 0 rings (SSSR count). The Bertz CT molecular complexity index is 357. The van der Waals surface area contributed by atoms with Gasteiger partial charge in [-0.1, -0.05) is 6.58 Å². The van der Waals surface area contributed by atoms with E-state index in [1.807, 2.05) is 5.63 Å². The van der Waals surface area contributed by atoms with Crippen LogP contribution in [0, 0.1) is 5.63 Å². The molecule has 0 aliphatic heterocycles. The Hall–Kier alpha value is -1.31. The van der Waals surface area contributed by atoms with Crippen LogP contribution in [-0.4, -0.2) is 25.2 Å². The molecule has 0 aliphatic rings. The van der Waals surface area contributed by atoms with Crippen LogP contribution in [0.4, 0.5) is 0 Å². The second-order valence-electron chi connectivity index (χ2n) is 3.12. The van der Waals surface area contributed by atoms with E-state index >= 15 is 0 Å². The van der Waals surface area contributed by atoms with Gasteiger partial charge >= 0.3 is 94.1 Å². The fraction of sp³-hybridized carbons (Fsp3) is 0.545. The van der Waals surface area contributed by atoms with Crippen molar-refractivity contribution in [2.24, 2.45) is 0 Å². The number of esters is 2. The van der Waals surface area contributed by atoms with Crippen molar-refractivity contribution < 1.29 is 23.6 Å². The van der Waals surface area contributed by atoms with Crippen molar-refractivity contribution in [2.45, 2.75) is 25.7 Å². The van der Waals surface area contributed by atoms with Crippen LogP contribution < -0.4 is 0 Å². The third-order valence-corrected chi connectivity index (χ3v) is 2.09. The molecule has 0 bridgehead atoms. The zero-order chi connectivity index (χ0) is 12.9. The molecule has 0 fully saturated rings. The Morgan fingerprint density at radius 3 is 2.24 bits per heavy atom. The summed E-state index contributed by atoms with van der Waals surface area (Å²) in [7, 11) is -0.463. The Kier molecular flexibility index (Phi) is 10.3. The fourth-order valence-electron chi connectivity index (χ4n) is 1.02. The first-order valence-corrected chi connectivity index (χ1v) is 6.06. The van der Waals surface area contributed by atoms with Gasteiger partial charge in [-0.15, -0.1) is 0 Å². The molecule has 94 valence electrons. The van der Waals surface area contributed by atoms with Gasteiger partial charge in [0.2, 0.25) is 0 Å². The van der Waals surface area contributed by atoms with Crippen molar-refractivity contribution in [1.82, 2.24) is 0 Å². The number of carbonyl (C=O) groups excluding carboxylic acids is 2. The van der Waals surface area contributed by atoms with Crippen molar-refractivity contribution in [1.29, 1.82) is 0 Å². The first-order chi connectivity index (χ1) is 8.20. The van der Waals surface area contributed by atoms with Gasteiger partial charge in [0.25, 0.3) is 0 Å². The first kappa shape index (κ1) is 15.7. The van der Waals surface area contributed by atoms with Crippen molar-refractivity contribution in [2.75, 3.05) is 13.2 Å². The monoisotopic (exact) mass is 258 g/mol. The summed E-state index contributed by atoms with van der Waals surface area (Å²) in [6.45, 7) is 3.94. The van der Waals surface area contributed by atoms with E-state index in [0.717, 1.165) is 31.8 Å². The summed E-state index contributed by atoms with van der Waals surface area (Å²) in [6.07, 6.45) is 4.37. The topological polar surface area (TPSA) is 69.7 Å². The van der Waals surface area contributed by atoms with Gasteiger partial charge < -0.3 is 0 Å². The molecule has 0 saturated carbocycles. The summed E-state index contributed by atoms with van der Waals surface area (Å²) in [6, 6.07) is 0. The summed E-state index contributed by atoms with van der Waals surface area (Å²) >= 11 is 0. The molecule has 5 nitrogen and oxygen atoms in total. The van der Waals surface area contributed by atoms with Gasteiger partial charge in [-0.25, -0.2) is 0 Å². The maximum atomic E-state index is 10.7. The van der Waals surface area contributed by atoms with E-state index in [1.54, 1.807) is 0 Å². The van der Waals surface area contributed by atoms with Crippen LogP contribution in [0.3, 0.4) is 0 Å². The normalized spacial score (nSPS) is 8.94. The molecule has 0 aliphatic carbocycles. The third-order valence-electron chi connectivity index (χ3n) is 1.82. The first-order valence-electron chi connectivity index (χ1n) is 5.25. The van der Waals surface area contributed by atoms with Crippen LogP contribution in [0.25, 0.3) is 0 Å². The minimum absolute atomic E-state index is 0.286. The second-order valence-corrected chi connectivity index (χ2v) is 3.53. The standard InChI is InChI=1S/C11H15O5P/c1-2-10(12)15-7-5-3-4-6-8-16-11(13)9-17-14/h2H,1,3-8H2. The summed E-state index contributed by atoms with van der Waals surface area (Å²) in [5.41, 5.74) is 1.96. The Labute approximate surface area is 101 Å². The van der Waals surface area contributed by atoms with E-state index < -0.39 is 19.9 Å². The van der Waals surface area contributed by atoms with Gasteiger partial charge in [-0.2, -0.15) is 0 Å². The predicted octanol–water partition coefficient (Wildman–Crippen LogP) is 2.07. The molecule has 0 radical (unpaired) electrons. The molecule has 0 aromatic carbocycles. The number of unbranched alkanes of at least 4 members (excludes halogenated alkanes) is 3. The van der Waals surface area contributed by atoms with Gasteiger partial charge in [0, 0.05) is 0 Å². The van der Waals surface area contributed by atoms with Gasteiger partial charge in [0.15, 0.2) is 0 Å². The van der Waals surface area contributed by atoms with E-state index in [2.05, 4.69) is 11.3 Å². The summed E-state index contributed by atoms with van der Waals surface area (Å²) in [5, 5.41) is 0. The van der Waals surface area contributed by atoms with Crippen molar-refractivity contribution in [3.8, 4) is 5.63 Å². The van der Waals surface area contributed by atoms with E-state index in [4.69, 9.17) is 4.74 Å². The van der Waals surface area contributed by atoms with Gasteiger partial charge in [0.1, 0.15) is 0 Å². The second kappa shape index (κ2) is 11.2. The van der Waals surface area contributed by atoms with Gasteiger partial charge in [-0.05, 0) is 0 Å². The molecule has 0 N–H and O–H groups in total. The molecule has 0 aromatic rings. The molecule has 0 unspecified atom stereocenters. The van der Waals surface area contributed by atoms with Crippen LogP contribution >= 0.6 is 7.92 Å². The predicted molar refractivity (Wildman–Crippen MR) is 62.1 cm³/mol. The van der Waals surface area contributed by atoms with E-state index in [-0.39, 0.29) is 6.61 Å². The number of carbonyl (C=O) groups is 2. The zero-order valence-corrected chi connectivity index (χ0v) is 10.4. The van der Waals surface area contributed by atoms with E-state index in [9.17, 15) is 14.2 Å². The molecular weight excluding hydrogens is 243 g/mol. The van der Waals surface area contributed by atoms with E-state index in [0.29, 0.717) is 6.61 Å². The number of hydrogen-bond donors (Lipinski definition) is 0. The Morgan fingerprint density at radius 2 is 1.71 bits per heavy atom. The van der Waals surface area contributed by atoms with Gasteiger partial charge in [-0.3, -0.25) is 0 Å². The molecule has 0 saturated heterocycles. The number of hydrogen-bond acceptors (Lipinski definition) is 5. The molecule has 0 spiro atoms. The molecule has 17 heavy (non-hydrogen) atoms. The van der Waals surface area contributed by atoms with Crippen LogP contribution in [0.2, 0.25) is 0 Å². The van der Waals surface area contributed by atoms with Crippen molar-refractivity contribution in [3.05, 3.63) is 12.7 Å². The average Bonchev–Trinajstić information content (AvgIpc) is 2.32. The molecular formula is C11H15O5P. The molecule has 0 heterocycles. The SMILES string of the molecule is C=CC(=O)OCCCCCCOC(=O)C#P=O. The Morgan fingerprint density at radius 1 is 1.12 bits per heavy atom. The van der Waals surface area contributed by atoms with Crippen LogP contribution in [0.15, 0.2) is 12.7 Å². The van der Waals surface area contributed by atoms with Crippen molar-refractivity contribution >= 4 is 19.9 Å². The summed E-state index contributed by atoms with van der Waals surface area (Å²) < 4.78 is 19.4. The average molecular weight is 258 g/mol. The molecule has 0 amide bonds. The van der Waals surface area contributed by atoms with Gasteiger partial charge in [0.05, 0.1) is 0 Å².